The Morgan fingerprint density at radius 2 is 2.04 bits per heavy atom. The van der Waals surface area contributed by atoms with Gasteiger partial charge in [0, 0.05) is 4.92 Å². The van der Waals surface area contributed by atoms with E-state index in [-0.39, 0.29) is 6.61 Å². The van der Waals surface area contributed by atoms with E-state index in [4.69, 9.17) is 9.47 Å². The van der Waals surface area contributed by atoms with Crippen LogP contribution in [0.25, 0.3) is 0 Å². The molecule has 0 fully saturated rings. The highest BCUT2D eigenvalue weighted by Crippen LogP contribution is 2.31. The summed E-state index contributed by atoms with van der Waals surface area (Å²) in [5.74, 6) is -4.68. The number of aryl methyl sites for hydroxylation is 1. The van der Waals surface area contributed by atoms with Crippen LogP contribution in [-0.2, 0) is 14.3 Å². The van der Waals surface area contributed by atoms with Gasteiger partial charge in [-0.3, -0.25) is 19.7 Å². The first-order valence-corrected chi connectivity index (χ1v) is 6.97. The molecular weight excluding hydrogens is 306 g/mol. The van der Waals surface area contributed by atoms with Crippen molar-refractivity contribution >= 4 is 11.9 Å². The Labute approximate surface area is 133 Å². The molecule has 8 heteroatoms. The molecule has 1 aromatic rings. The number of nitrogens with zero attached hydrogens (tertiary/aromatic N) is 1. The summed E-state index contributed by atoms with van der Waals surface area (Å²) in [6.45, 7) is 2.52. The molecular formula is C15H19NO7. The van der Waals surface area contributed by atoms with E-state index in [0.29, 0.717) is 16.9 Å². The monoisotopic (exact) mass is 325 g/mol. The maximum Gasteiger partial charge on any atom is 0.321 e. The van der Waals surface area contributed by atoms with Crippen LogP contribution in [0, 0.1) is 23.0 Å². The molecule has 8 nitrogen and oxygen atoms in total. The molecule has 0 bridgehead atoms. The number of ether oxygens (including phenoxy) is 2. The highest BCUT2D eigenvalue weighted by Gasteiger charge is 2.40. The van der Waals surface area contributed by atoms with Gasteiger partial charge in [-0.1, -0.05) is 6.07 Å². The van der Waals surface area contributed by atoms with Gasteiger partial charge in [-0.05, 0) is 37.1 Å². The minimum atomic E-state index is -1.65. The third-order valence-electron chi connectivity index (χ3n) is 3.43. The summed E-state index contributed by atoms with van der Waals surface area (Å²) in [5, 5.41) is 20.3. The van der Waals surface area contributed by atoms with Gasteiger partial charge >= 0.3 is 11.9 Å². The number of nitro groups is 1. The summed E-state index contributed by atoms with van der Waals surface area (Å²) in [5.41, 5.74) is 1.01. The Hall–Kier alpha value is -2.64. The van der Waals surface area contributed by atoms with Gasteiger partial charge in [0.1, 0.15) is 5.75 Å². The average molecular weight is 325 g/mol. The normalized spacial score (nSPS) is 13.0. The van der Waals surface area contributed by atoms with E-state index in [1.54, 1.807) is 19.1 Å². The maximum absolute atomic E-state index is 12.0. The molecule has 0 heterocycles. The number of carbonyl (C=O) groups excluding carboxylic acids is 1. The Morgan fingerprint density at radius 1 is 1.39 bits per heavy atom. The number of carboxylic acids is 1. The topological polar surface area (TPSA) is 116 Å². The van der Waals surface area contributed by atoms with Crippen LogP contribution in [0.1, 0.15) is 24.0 Å². The molecule has 2 unspecified atom stereocenters. The smallest absolute Gasteiger partial charge is 0.321 e. The Kier molecular flexibility index (Phi) is 6.49. The van der Waals surface area contributed by atoms with Gasteiger partial charge in [0.25, 0.3) is 0 Å². The number of esters is 1. The van der Waals surface area contributed by atoms with Crippen molar-refractivity contribution in [3.05, 3.63) is 39.4 Å². The second-order valence-electron chi connectivity index (χ2n) is 4.91. The third kappa shape index (κ3) is 4.67. The standard InChI is InChI=1S/C15H19NO7/c1-4-23-15(19)13(14(17)18)12(8-16(20)21)11-6-5-10(22-3)7-9(11)2/h5-7,12-13H,4,8H2,1-3H3,(H,17,18). The van der Waals surface area contributed by atoms with Crippen LogP contribution >= 0.6 is 0 Å². The van der Waals surface area contributed by atoms with Crippen molar-refractivity contribution in [1.82, 2.24) is 0 Å². The fraction of sp³-hybridized carbons (Fsp3) is 0.467. The van der Waals surface area contributed by atoms with Crippen molar-refractivity contribution in [2.24, 2.45) is 5.92 Å². The molecule has 1 rings (SSSR count). The second-order valence-corrected chi connectivity index (χ2v) is 4.91. The van der Waals surface area contributed by atoms with E-state index in [9.17, 15) is 24.8 Å². The van der Waals surface area contributed by atoms with Crippen molar-refractivity contribution in [1.29, 1.82) is 0 Å². The number of rotatable bonds is 8. The van der Waals surface area contributed by atoms with Crippen LogP contribution in [0.15, 0.2) is 18.2 Å². The fourth-order valence-corrected chi connectivity index (χ4v) is 2.40. The van der Waals surface area contributed by atoms with Gasteiger partial charge in [-0.15, -0.1) is 0 Å². The molecule has 1 aromatic carbocycles. The number of benzene rings is 1. The summed E-state index contributed by atoms with van der Waals surface area (Å²) in [7, 11) is 1.47. The van der Waals surface area contributed by atoms with Gasteiger partial charge < -0.3 is 14.6 Å². The number of hydrogen-bond acceptors (Lipinski definition) is 6. The summed E-state index contributed by atoms with van der Waals surface area (Å²) >= 11 is 0. The van der Waals surface area contributed by atoms with Crippen LogP contribution in [0.5, 0.6) is 5.75 Å². The lowest BCUT2D eigenvalue weighted by atomic mass is 9.83. The SMILES string of the molecule is CCOC(=O)C(C(=O)O)C(C[N+](=O)[O-])c1ccc(OC)cc1C. The molecule has 0 radical (unpaired) electrons. The van der Waals surface area contributed by atoms with Crippen LogP contribution in [0.2, 0.25) is 0 Å². The van der Waals surface area contributed by atoms with Crippen LogP contribution in [0.3, 0.4) is 0 Å². The van der Waals surface area contributed by atoms with E-state index in [2.05, 4.69) is 0 Å². The molecule has 0 amide bonds. The average Bonchev–Trinajstić information content (AvgIpc) is 2.45. The van der Waals surface area contributed by atoms with E-state index in [1.165, 1.54) is 20.1 Å². The molecule has 0 aromatic heterocycles. The predicted octanol–water partition coefficient (Wildman–Crippen LogP) is 1.63. The zero-order valence-electron chi connectivity index (χ0n) is 13.1. The summed E-state index contributed by atoms with van der Waals surface area (Å²) in [6, 6.07) is 4.74. The van der Waals surface area contributed by atoms with Gasteiger partial charge in [-0.25, -0.2) is 0 Å². The number of aliphatic carboxylic acids is 1. The van der Waals surface area contributed by atoms with E-state index in [1.807, 2.05) is 0 Å². The minimum Gasteiger partial charge on any atom is -0.497 e. The van der Waals surface area contributed by atoms with E-state index >= 15 is 0 Å². The van der Waals surface area contributed by atoms with Crippen LogP contribution in [0.4, 0.5) is 0 Å². The molecule has 2 atom stereocenters. The number of carbonyl (C=O) groups is 2. The van der Waals surface area contributed by atoms with Crippen molar-refractivity contribution in [2.45, 2.75) is 19.8 Å². The van der Waals surface area contributed by atoms with Crippen LogP contribution in [-0.4, -0.2) is 42.2 Å². The lowest BCUT2D eigenvalue weighted by Gasteiger charge is -2.21. The molecule has 0 spiro atoms. The Morgan fingerprint density at radius 3 is 2.48 bits per heavy atom. The molecule has 0 saturated heterocycles. The fourth-order valence-electron chi connectivity index (χ4n) is 2.40. The van der Waals surface area contributed by atoms with Gasteiger partial charge in [0.05, 0.1) is 19.6 Å². The first-order valence-electron chi connectivity index (χ1n) is 6.97. The zero-order valence-corrected chi connectivity index (χ0v) is 13.1. The van der Waals surface area contributed by atoms with E-state index < -0.39 is 35.2 Å². The maximum atomic E-state index is 12.0. The third-order valence-corrected chi connectivity index (χ3v) is 3.43. The first kappa shape index (κ1) is 18.4. The highest BCUT2D eigenvalue weighted by molar-refractivity contribution is 5.95. The highest BCUT2D eigenvalue weighted by atomic mass is 16.6. The first-order chi connectivity index (χ1) is 10.8. The molecule has 0 saturated carbocycles. The van der Waals surface area contributed by atoms with Crippen molar-refractivity contribution in [2.75, 3.05) is 20.3 Å². The largest absolute Gasteiger partial charge is 0.497 e. The molecule has 0 aliphatic rings. The number of carboxylic acid groups (broad SMARTS) is 1. The quantitative estimate of drug-likeness (QED) is 0.334. The lowest BCUT2D eigenvalue weighted by Crippen LogP contribution is -2.35. The molecule has 0 aliphatic heterocycles. The summed E-state index contributed by atoms with van der Waals surface area (Å²) in [4.78, 5) is 33.8. The van der Waals surface area contributed by atoms with Gasteiger partial charge in [0.2, 0.25) is 6.54 Å². The second kappa shape index (κ2) is 8.11. The molecule has 126 valence electrons. The van der Waals surface area contributed by atoms with Crippen LogP contribution < -0.4 is 4.74 Å². The minimum absolute atomic E-state index is 0.00457. The molecule has 0 aliphatic carbocycles. The van der Waals surface area contributed by atoms with Gasteiger partial charge in [-0.2, -0.15) is 0 Å². The Bertz CT molecular complexity index is 599. The van der Waals surface area contributed by atoms with E-state index in [0.717, 1.165) is 0 Å². The molecule has 23 heavy (non-hydrogen) atoms. The van der Waals surface area contributed by atoms with Crippen molar-refractivity contribution in [3.63, 3.8) is 0 Å². The number of hydrogen-bond donors (Lipinski definition) is 1. The lowest BCUT2D eigenvalue weighted by molar-refractivity contribution is -0.484. The number of methoxy groups -OCH3 is 1. The Balaban J connectivity index is 3.33. The van der Waals surface area contributed by atoms with Crippen molar-refractivity contribution < 1.29 is 29.1 Å². The van der Waals surface area contributed by atoms with Gasteiger partial charge in [0.15, 0.2) is 5.92 Å². The zero-order chi connectivity index (χ0) is 17.6. The van der Waals surface area contributed by atoms with Crippen molar-refractivity contribution in [3.8, 4) is 5.75 Å². The summed E-state index contributed by atoms with van der Waals surface area (Å²) < 4.78 is 9.83. The summed E-state index contributed by atoms with van der Waals surface area (Å²) in [6.07, 6.45) is 0. The predicted molar refractivity (Wildman–Crippen MR) is 80.1 cm³/mol. The molecule has 1 N–H and O–H groups in total.